The van der Waals surface area contributed by atoms with Crippen molar-refractivity contribution in [1.29, 1.82) is 0 Å². The van der Waals surface area contributed by atoms with E-state index in [1.54, 1.807) is 31.2 Å². The molecule has 1 saturated heterocycles. The SMILES string of the molecule is C=CCOC(=O)c1sc(N2C(=O)C(=O)/C(=C(/O)c3ccc(OCc4ccccc4)cc3)C2c2ccc(F)cc2)nc1C. The Hall–Kier alpha value is -5.09. The monoisotopic (exact) mass is 584 g/mol. The summed E-state index contributed by atoms with van der Waals surface area (Å²) in [6, 6.07) is 20.1. The lowest BCUT2D eigenvalue weighted by molar-refractivity contribution is -0.132. The molecule has 42 heavy (non-hydrogen) atoms. The number of benzene rings is 3. The minimum Gasteiger partial charge on any atom is -0.507 e. The summed E-state index contributed by atoms with van der Waals surface area (Å²) in [5.74, 6) is -2.94. The molecule has 4 aromatic rings. The molecule has 1 aromatic heterocycles. The summed E-state index contributed by atoms with van der Waals surface area (Å²) in [7, 11) is 0. The molecule has 0 aliphatic carbocycles. The number of aliphatic hydroxyl groups excluding tert-OH is 1. The third-order valence-electron chi connectivity index (χ3n) is 6.52. The highest BCUT2D eigenvalue weighted by Crippen LogP contribution is 2.44. The molecule has 1 aliphatic heterocycles. The van der Waals surface area contributed by atoms with E-state index in [0.717, 1.165) is 21.8 Å². The maximum absolute atomic E-state index is 13.8. The Bertz CT molecular complexity index is 1680. The van der Waals surface area contributed by atoms with Crippen molar-refractivity contribution < 1.29 is 33.4 Å². The molecule has 8 nitrogen and oxygen atoms in total. The van der Waals surface area contributed by atoms with Gasteiger partial charge in [-0.15, -0.1) is 0 Å². The summed E-state index contributed by atoms with van der Waals surface area (Å²) < 4.78 is 24.8. The number of ether oxygens (including phenoxy) is 2. The van der Waals surface area contributed by atoms with Gasteiger partial charge in [-0.2, -0.15) is 0 Å². The van der Waals surface area contributed by atoms with Gasteiger partial charge in [-0.3, -0.25) is 14.5 Å². The first-order valence-corrected chi connectivity index (χ1v) is 13.7. The number of hydrogen-bond donors (Lipinski definition) is 1. The molecule has 1 amide bonds. The van der Waals surface area contributed by atoms with Crippen LogP contribution in [0.1, 0.15) is 38.1 Å². The molecule has 212 valence electrons. The number of carbonyl (C=O) groups excluding carboxylic acids is 3. The van der Waals surface area contributed by atoms with Crippen LogP contribution in [0.2, 0.25) is 0 Å². The van der Waals surface area contributed by atoms with Crippen LogP contribution in [0, 0.1) is 12.7 Å². The lowest BCUT2D eigenvalue weighted by Gasteiger charge is -2.23. The van der Waals surface area contributed by atoms with E-state index in [9.17, 15) is 23.9 Å². The molecular weight excluding hydrogens is 559 g/mol. The number of ketones is 1. The number of amides is 1. The van der Waals surface area contributed by atoms with Crippen LogP contribution < -0.4 is 9.64 Å². The highest BCUT2D eigenvalue weighted by molar-refractivity contribution is 7.17. The van der Waals surface area contributed by atoms with Crippen molar-refractivity contribution >= 4 is 39.9 Å². The Kier molecular flexibility index (Phi) is 8.26. The lowest BCUT2D eigenvalue weighted by Crippen LogP contribution is -2.29. The summed E-state index contributed by atoms with van der Waals surface area (Å²) >= 11 is 0.876. The Morgan fingerprint density at radius 3 is 2.43 bits per heavy atom. The van der Waals surface area contributed by atoms with Gasteiger partial charge in [-0.1, -0.05) is 66.5 Å². The highest BCUT2D eigenvalue weighted by atomic mass is 32.1. The summed E-state index contributed by atoms with van der Waals surface area (Å²) in [5.41, 5.74) is 1.72. The number of nitrogens with zero attached hydrogens (tertiary/aromatic N) is 2. The number of thiazole rings is 1. The van der Waals surface area contributed by atoms with Crippen LogP contribution in [0.25, 0.3) is 5.76 Å². The normalized spacial score (nSPS) is 16.0. The van der Waals surface area contributed by atoms with Crippen molar-refractivity contribution in [3.8, 4) is 5.75 Å². The van der Waals surface area contributed by atoms with Gasteiger partial charge in [0.05, 0.1) is 17.3 Å². The quantitative estimate of drug-likeness (QED) is 0.0828. The van der Waals surface area contributed by atoms with Gasteiger partial charge in [0.15, 0.2) is 5.13 Å². The fourth-order valence-corrected chi connectivity index (χ4v) is 5.46. The first kappa shape index (κ1) is 28.4. The van der Waals surface area contributed by atoms with E-state index in [2.05, 4.69) is 11.6 Å². The van der Waals surface area contributed by atoms with Gasteiger partial charge in [-0.05, 0) is 54.4 Å². The molecular formula is C32H25FN2O6S. The molecule has 10 heteroatoms. The molecule has 0 spiro atoms. The van der Waals surface area contributed by atoms with E-state index < -0.39 is 35.3 Å². The Labute approximate surface area is 245 Å². The van der Waals surface area contributed by atoms with E-state index in [1.165, 1.54) is 30.3 Å². The van der Waals surface area contributed by atoms with Crippen molar-refractivity contribution in [2.24, 2.45) is 0 Å². The minimum absolute atomic E-state index is 0.0122. The summed E-state index contributed by atoms with van der Waals surface area (Å²) in [4.78, 5) is 45.0. The molecule has 1 fully saturated rings. The number of rotatable bonds is 9. The molecule has 3 aromatic carbocycles. The van der Waals surface area contributed by atoms with E-state index in [4.69, 9.17) is 9.47 Å². The van der Waals surface area contributed by atoms with Crippen LogP contribution in [-0.2, 0) is 20.9 Å². The van der Waals surface area contributed by atoms with Gasteiger partial charge in [0, 0.05) is 5.56 Å². The predicted molar refractivity (Wildman–Crippen MR) is 156 cm³/mol. The van der Waals surface area contributed by atoms with Gasteiger partial charge in [-0.25, -0.2) is 14.2 Å². The molecule has 5 rings (SSSR count). The zero-order valence-corrected chi connectivity index (χ0v) is 23.3. The van der Waals surface area contributed by atoms with E-state index in [1.807, 2.05) is 30.3 Å². The number of aryl methyl sites for hydroxylation is 1. The molecule has 1 N–H and O–H groups in total. The molecule has 0 radical (unpaired) electrons. The van der Waals surface area contributed by atoms with Crippen molar-refractivity contribution in [3.05, 3.63) is 130 Å². The Morgan fingerprint density at radius 2 is 1.76 bits per heavy atom. The first-order chi connectivity index (χ1) is 20.3. The van der Waals surface area contributed by atoms with Gasteiger partial charge in [0.25, 0.3) is 5.78 Å². The smallest absolute Gasteiger partial charge is 0.350 e. The molecule has 0 saturated carbocycles. The Balaban J connectivity index is 1.52. The lowest BCUT2D eigenvalue weighted by atomic mass is 9.95. The van der Waals surface area contributed by atoms with Crippen molar-refractivity contribution in [2.45, 2.75) is 19.6 Å². The van der Waals surface area contributed by atoms with Gasteiger partial charge in [0.2, 0.25) is 0 Å². The molecule has 0 bridgehead atoms. The highest BCUT2D eigenvalue weighted by Gasteiger charge is 2.48. The van der Waals surface area contributed by atoms with E-state index >= 15 is 0 Å². The minimum atomic E-state index is -1.14. The third-order valence-corrected chi connectivity index (χ3v) is 7.65. The topological polar surface area (TPSA) is 106 Å². The number of anilines is 1. The fraction of sp³-hybridized carbons (Fsp3) is 0.125. The second-order valence-corrected chi connectivity index (χ2v) is 10.3. The maximum Gasteiger partial charge on any atom is 0.350 e. The molecule has 1 aliphatic rings. The van der Waals surface area contributed by atoms with Gasteiger partial charge in [0.1, 0.15) is 35.4 Å². The van der Waals surface area contributed by atoms with Gasteiger partial charge >= 0.3 is 11.9 Å². The van der Waals surface area contributed by atoms with Crippen molar-refractivity contribution in [3.63, 3.8) is 0 Å². The van der Waals surface area contributed by atoms with Crippen LogP contribution in [0.5, 0.6) is 5.75 Å². The second kappa shape index (κ2) is 12.2. The van der Waals surface area contributed by atoms with Crippen molar-refractivity contribution in [2.75, 3.05) is 11.5 Å². The average Bonchev–Trinajstić information content (AvgIpc) is 3.51. The fourth-order valence-electron chi connectivity index (χ4n) is 4.47. The summed E-state index contributed by atoms with van der Waals surface area (Å²) in [6.07, 6.45) is 1.42. The maximum atomic E-state index is 13.8. The van der Waals surface area contributed by atoms with Crippen LogP contribution in [-0.4, -0.2) is 34.4 Å². The largest absolute Gasteiger partial charge is 0.507 e. The van der Waals surface area contributed by atoms with E-state index in [0.29, 0.717) is 23.6 Å². The van der Waals surface area contributed by atoms with Crippen LogP contribution in [0.3, 0.4) is 0 Å². The number of carbonyl (C=O) groups is 3. The Morgan fingerprint density at radius 1 is 1.07 bits per heavy atom. The van der Waals surface area contributed by atoms with E-state index in [-0.39, 0.29) is 27.8 Å². The number of aliphatic hydroxyl groups is 1. The third kappa shape index (κ3) is 5.70. The summed E-state index contributed by atoms with van der Waals surface area (Å²) in [5, 5.41) is 11.4. The number of aromatic nitrogens is 1. The van der Waals surface area contributed by atoms with Crippen LogP contribution in [0.4, 0.5) is 9.52 Å². The number of Topliss-reactive ketones (excluding diaryl/α,β-unsaturated/α-hetero) is 1. The summed E-state index contributed by atoms with van der Waals surface area (Å²) in [6.45, 7) is 5.43. The zero-order chi connectivity index (χ0) is 29.8. The second-order valence-electron chi connectivity index (χ2n) is 9.32. The number of halogens is 1. The molecule has 2 heterocycles. The predicted octanol–water partition coefficient (Wildman–Crippen LogP) is 6.14. The number of hydrogen-bond acceptors (Lipinski definition) is 8. The average molecular weight is 585 g/mol. The molecule has 1 atom stereocenters. The zero-order valence-electron chi connectivity index (χ0n) is 22.5. The first-order valence-electron chi connectivity index (χ1n) is 12.9. The van der Waals surface area contributed by atoms with Crippen molar-refractivity contribution in [1.82, 2.24) is 4.98 Å². The van der Waals surface area contributed by atoms with Crippen LogP contribution in [0.15, 0.2) is 97.1 Å². The van der Waals surface area contributed by atoms with Gasteiger partial charge < -0.3 is 14.6 Å². The number of esters is 1. The molecule has 1 unspecified atom stereocenters. The standard InChI is InChI=1S/C32H25FN2O6S/c1-3-17-40-31(39)29-19(2)34-32(42-29)35-26(21-9-13-23(33)14-10-21)25(28(37)30(35)38)27(36)22-11-15-24(16-12-22)41-18-20-7-5-4-6-8-20/h3-16,26,36H,1,17-18H2,2H3/b27-25+. The van der Waals surface area contributed by atoms with Crippen LogP contribution >= 0.6 is 11.3 Å².